The SMILES string of the molecule is CCC(N)(CC)CNC(=O)C(F)(F)c1ccccc1. The molecule has 1 aromatic rings. The Morgan fingerprint density at radius 1 is 1.21 bits per heavy atom. The Bertz CT molecular complexity index is 417. The van der Waals surface area contributed by atoms with Gasteiger partial charge in [0.15, 0.2) is 0 Å². The third kappa shape index (κ3) is 3.73. The van der Waals surface area contributed by atoms with Crippen LogP contribution in [0.15, 0.2) is 30.3 Å². The zero-order valence-corrected chi connectivity index (χ0v) is 11.2. The minimum Gasteiger partial charge on any atom is -0.349 e. The average Bonchev–Trinajstić information content (AvgIpc) is 2.45. The van der Waals surface area contributed by atoms with Crippen molar-refractivity contribution < 1.29 is 13.6 Å². The van der Waals surface area contributed by atoms with Gasteiger partial charge in [-0.3, -0.25) is 4.79 Å². The van der Waals surface area contributed by atoms with Gasteiger partial charge in [-0.25, -0.2) is 0 Å². The number of halogens is 2. The van der Waals surface area contributed by atoms with E-state index in [0.29, 0.717) is 12.8 Å². The zero-order valence-electron chi connectivity index (χ0n) is 11.2. The van der Waals surface area contributed by atoms with Crippen molar-refractivity contribution in [1.29, 1.82) is 0 Å². The molecule has 0 aromatic heterocycles. The van der Waals surface area contributed by atoms with Crippen LogP contribution in [0.1, 0.15) is 32.3 Å². The molecule has 1 amide bonds. The second-order valence-electron chi connectivity index (χ2n) is 4.69. The van der Waals surface area contributed by atoms with Crippen molar-refractivity contribution in [2.24, 2.45) is 5.73 Å². The Morgan fingerprint density at radius 3 is 2.21 bits per heavy atom. The van der Waals surface area contributed by atoms with Gasteiger partial charge in [0.25, 0.3) is 5.91 Å². The van der Waals surface area contributed by atoms with Gasteiger partial charge in [0, 0.05) is 17.6 Å². The third-order valence-electron chi connectivity index (χ3n) is 3.43. The van der Waals surface area contributed by atoms with Crippen molar-refractivity contribution in [1.82, 2.24) is 5.32 Å². The Hall–Kier alpha value is -1.49. The topological polar surface area (TPSA) is 55.1 Å². The third-order valence-corrected chi connectivity index (χ3v) is 3.43. The summed E-state index contributed by atoms with van der Waals surface area (Å²) in [6, 6.07) is 7.03. The molecule has 0 bridgehead atoms. The monoisotopic (exact) mass is 270 g/mol. The maximum absolute atomic E-state index is 13.9. The van der Waals surface area contributed by atoms with E-state index in [2.05, 4.69) is 5.32 Å². The molecule has 0 unspecified atom stereocenters. The van der Waals surface area contributed by atoms with Crippen LogP contribution in [-0.2, 0) is 10.7 Å². The van der Waals surface area contributed by atoms with Crippen molar-refractivity contribution in [2.45, 2.75) is 38.2 Å². The number of carbonyl (C=O) groups is 1. The van der Waals surface area contributed by atoms with E-state index in [1.54, 1.807) is 6.07 Å². The molecule has 1 rings (SSSR count). The summed E-state index contributed by atoms with van der Waals surface area (Å²) in [7, 11) is 0. The van der Waals surface area contributed by atoms with Crippen molar-refractivity contribution in [3.05, 3.63) is 35.9 Å². The number of hydrogen-bond donors (Lipinski definition) is 2. The van der Waals surface area contributed by atoms with E-state index in [0.717, 1.165) is 0 Å². The molecule has 0 heterocycles. The van der Waals surface area contributed by atoms with E-state index in [4.69, 9.17) is 5.73 Å². The van der Waals surface area contributed by atoms with Gasteiger partial charge in [-0.05, 0) is 12.8 Å². The second kappa shape index (κ2) is 6.10. The van der Waals surface area contributed by atoms with E-state index in [-0.39, 0.29) is 12.1 Å². The molecule has 0 aliphatic rings. The van der Waals surface area contributed by atoms with Crippen molar-refractivity contribution in [3.8, 4) is 0 Å². The van der Waals surface area contributed by atoms with Gasteiger partial charge in [-0.2, -0.15) is 8.78 Å². The molecule has 106 valence electrons. The van der Waals surface area contributed by atoms with E-state index >= 15 is 0 Å². The highest BCUT2D eigenvalue weighted by molar-refractivity contribution is 5.84. The maximum Gasteiger partial charge on any atom is 0.349 e. The largest absolute Gasteiger partial charge is 0.349 e. The van der Waals surface area contributed by atoms with Gasteiger partial charge in [-0.1, -0.05) is 44.2 Å². The first-order valence-corrected chi connectivity index (χ1v) is 6.36. The summed E-state index contributed by atoms with van der Waals surface area (Å²) >= 11 is 0. The molecule has 0 radical (unpaired) electrons. The van der Waals surface area contributed by atoms with Gasteiger partial charge in [0.05, 0.1) is 0 Å². The summed E-state index contributed by atoms with van der Waals surface area (Å²) < 4.78 is 27.8. The van der Waals surface area contributed by atoms with Crippen molar-refractivity contribution in [3.63, 3.8) is 0 Å². The van der Waals surface area contributed by atoms with E-state index in [9.17, 15) is 13.6 Å². The molecule has 0 saturated heterocycles. The Labute approximate surface area is 112 Å². The van der Waals surface area contributed by atoms with Crippen LogP contribution in [0.25, 0.3) is 0 Å². The fourth-order valence-electron chi connectivity index (χ4n) is 1.65. The van der Waals surface area contributed by atoms with E-state index < -0.39 is 17.4 Å². The normalized spacial score (nSPS) is 12.3. The van der Waals surface area contributed by atoms with E-state index in [1.165, 1.54) is 24.3 Å². The summed E-state index contributed by atoms with van der Waals surface area (Å²) in [6.07, 6.45) is 1.22. The van der Waals surface area contributed by atoms with Crippen LogP contribution < -0.4 is 11.1 Å². The minimum atomic E-state index is -3.54. The van der Waals surface area contributed by atoms with Crippen LogP contribution in [0.2, 0.25) is 0 Å². The van der Waals surface area contributed by atoms with Crippen LogP contribution >= 0.6 is 0 Å². The first-order valence-electron chi connectivity index (χ1n) is 6.36. The van der Waals surface area contributed by atoms with Crippen LogP contribution in [-0.4, -0.2) is 18.0 Å². The van der Waals surface area contributed by atoms with Crippen molar-refractivity contribution in [2.75, 3.05) is 6.54 Å². The highest BCUT2D eigenvalue weighted by Crippen LogP contribution is 2.27. The van der Waals surface area contributed by atoms with Crippen LogP contribution in [0.4, 0.5) is 8.78 Å². The fourth-order valence-corrected chi connectivity index (χ4v) is 1.65. The number of hydrogen-bond acceptors (Lipinski definition) is 2. The van der Waals surface area contributed by atoms with Crippen LogP contribution in [0, 0.1) is 0 Å². The number of alkyl halides is 2. The number of benzene rings is 1. The molecular weight excluding hydrogens is 250 g/mol. The first kappa shape index (κ1) is 15.6. The fraction of sp³-hybridized carbons (Fsp3) is 0.500. The number of carbonyl (C=O) groups excluding carboxylic acids is 1. The standard InChI is InChI=1S/C14H20F2N2O/c1-3-13(17,4-2)10-18-12(19)14(15,16)11-8-6-5-7-9-11/h5-9H,3-4,10,17H2,1-2H3,(H,18,19). The molecule has 0 fully saturated rings. The number of amides is 1. The van der Waals surface area contributed by atoms with Gasteiger partial charge < -0.3 is 11.1 Å². The molecule has 0 saturated carbocycles. The first-order chi connectivity index (χ1) is 8.85. The summed E-state index contributed by atoms with van der Waals surface area (Å²) in [5.74, 6) is -4.85. The molecule has 0 spiro atoms. The number of rotatable bonds is 6. The molecule has 0 aliphatic carbocycles. The predicted molar refractivity (Wildman–Crippen MR) is 70.8 cm³/mol. The van der Waals surface area contributed by atoms with E-state index in [1.807, 2.05) is 13.8 Å². The average molecular weight is 270 g/mol. The molecule has 0 aliphatic heterocycles. The summed E-state index contributed by atoms with van der Waals surface area (Å²) in [4.78, 5) is 11.6. The highest BCUT2D eigenvalue weighted by Gasteiger charge is 2.41. The molecule has 0 atom stereocenters. The lowest BCUT2D eigenvalue weighted by atomic mass is 9.94. The van der Waals surface area contributed by atoms with Gasteiger partial charge in [0.2, 0.25) is 0 Å². The Morgan fingerprint density at radius 2 is 1.74 bits per heavy atom. The lowest BCUT2D eigenvalue weighted by Crippen LogP contribution is -2.51. The number of nitrogens with one attached hydrogen (secondary N) is 1. The maximum atomic E-state index is 13.9. The molecule has 19 heavy (non-hydrogen) atoms. The molecular formula is C14H20F2N2O. The van der Waals surface area contributed by atoms with Gasteiger partial charge in [0.1, 0.15) is 0 Å². The molecule has 3 nitrogen and oxygen atoms in total. The van der Waals surface area contributed by atoms with Crippen LogP contribution in [0.3, 0.4) is 0 Å². The summed E-state index contributed by atoms with van der Waals surface area (Å²) in [6.45, 7) is 3.78. The molecule has 1 aromatic carbocycles. The Kier molecular flexibility index (Phi) is 5.00. The summed E-state index contributed by atoms with van der Waals surface area (Å²) in [5, 5.41) is 2.25. The predicted octanol–water partition coefficient (Wildman–Crippen LogP) is 2.41. The molecule has 5 heteroatoms. The Balaban J connectivity index is 2.73. The van der Waals surface area contributed by atoms with Gasteiger partial charge >= 0.3 is 5.92 Å². The quantitative estimate of drug-likeness (QED) is 0.834. The minimum absolute atomic E-state index is 0.0429. The zero-order chi connectivity index (χ0) is 14.5. The molecule has 3 N–H and O–H groups in total. The second-order valence-corrected chi connectivity index (χ2v) is 4.69. The highest BCUT2D eigenvalue weighted by atomic mass is 19.3. The van der Waals surface area contributed by atoms with Crippen molar-refractivity contribution >= 4 is 5.91 Å². The van der Waals surface area contributed by atoms with Gasteiger partial charge in [-0.15, -0.1) is 0 Å². The lowest BCUT2D eigenvalue weighted by Gasteiger charge is -2.28. The van der Waals surface area contributed by atoms with Crippen LogP contribution in [0.5, 0.6) is 0 Å². The smallest absolute Gasteiger partial charge is 0.349 e. The summed E-state index contributed by atoms with van der Waals surface area (Å²) in [5.41, 5.74) is 5.01. The lowest BCUT2D eigenvalue weighted by molar-refractivity contribution is -0.147. The number of nitrogens with two attached hydrogens (primary N) is 1.